The van der Waals surface area contributed by atoms with Crippen molar-refractivity contribution < 1.29 is 17.7 Å². The fourth-order valence-corrected chi connectivity index (χ4v) is 3.59. The third kappa shape index (κ3) is 3.43. The summed E-state index contributed by atoms with van der Waals surface area (Å²) in [6.45, 7) is 3.53. The van der Waals surface area contributed by atoms with Gasteiger partial charge in [-0.25, -0.2) is 8.42 Å². The molecule has 0 aliphatic rings. The molecule has 2 aromatic rings. The molecule has 0 fully saturated rings. The van der Waals surface area contributed by atoms with Crippen molar-refractivity contribution >= 4 is 21.6 Å². The first-order valence-corrected chi connectivity index (χ1v) is 8.42. The molecule has 0 unspecified atom stereocenters. The second-order valence-corrected chi connectivity index (χ2v) is 7.15. The Labute approximate surface area is 134 Å². The molecule has 0 radical (unpaired) electrons. The lowest BCUT2D eigenvalue weighted by Gasteiger charge is -2.17. The lowest BCUT2D eigenvalue weighted by atomic mass is 10.3. The molecule has 1 heterocycles. The molecule has 8 heteroatoms. The van der Waals surface area contributed by atoms with Crippen molar-refractivity contribution in [3.63, 3.8) is 0 Å². The van der Waals surface area contributed by atoms with Crippen LogP contribution in [0, 0.1) is 13.8 Å². The Kier molecular flexibility index (Phi) is 5.10. The van der Waals surface area contributed by atoms with Gasteiger partial charge in [0.05, 0.1) is 5.02 Å². The standard InChI is InChI=1S/C14H17ClN2O4S/c1-10-14(11(2)21-16-10)22(18,19)17(3)8-9-20-13-7-5-4-6-12(13)15/h4-7H,8-9H2,1-3H3. The summed E-state index contributed by atoms with van der Waals surface area (Å²) in [5.41, 5.74) is 0.344. The molecule has 0 saturated carbocycles. The zero-order chi connectivity index (χ0) is 16.3. The lowest BCUT2D eigenvalue weighted by molar-refractivity contribution is 0.287. The van der Waals surface area contributed by atoms with E-state index in [0.29, 0.717) is 16.5 Å². The second kappa shape index (κ2) is 6.68. The predicted molar refractivity (Wildman–Crippen MR) is 82.7 cm³/mol. The highest BCUT2D eigenvalue weighted by atomic mass is 35.5. The first kappa shape index (κ1) is 16.8. The highest BCUT2D eigenvalue weighted by Gasteiger charge is 2.28. The fourth-order valence-electron chi connectivity index (χ4n) is 1.96. The number of benzene rings is 1. The van der Waals surface area contributed by atoms with E-state index in [-0.39, 0.29) is 23.8 Å². The highest BCUT2D eigenvalue weighted by Crippen LogP contribution is 2.24. The molecule has 0 N–H and O–H groups in total. The second-order valence-electron chi connectivity index (χ2n) is 4.76. The molecule has 0 saturated heterocycles. The molecular formula is C14H17ClN2O4S. The van der Waals surface area contributed by atoms with Crippen LogP contribution in [0.1, 0.15) is 11.5 Å². The van der Waals surface area contributed by atoms with Crippen molar-refractivity contribution in [2.24, 2.45) is 0 Å². The monoisotopic (exact) mass is 344 g/mol. The maximum Gasteiger partial charge on any atom is 0.248 e. The average Bonchev–Trinajstić information content (AvgIpc) is 2.80. The molecule has 0 spiro atoms. The molecule has 0 aliphatic carbocycles. The zero-order valence-electron chi connectivity index (χ0n) is 12.5. The Morgan fingerprint density at radius 2 is 2.00 bits per heavy atom. The number of hydrogen-bond acceptors (Lipinski definition) is 5. The summed E-state index contributed by atoms with van der Waals surface area (Å²) in [7, 11) is -2.17. The predicted octanol–water partition coefficient (Wildman–Crippen LogP) is 2.64. The van der Waals surface area contributed by atoms with Gasteiger partial charge in [0, 0.05) is 13.6 Å². The summed E-state index contributed by atoms with van der Waals surface area (Å²) < 4.78 is 36.6. The first-order valence-electron chi connectivity index (χ1n) is 6.60. The number of para-hydroxylation sites is 1. The number of nitrogens with zero attached hydrogens (tertiary/aromatic N) is 2. The summed E-state index contributed by atoms with van der Waals surface area (Å²) in [4.78, 5) is 0.104. The molecule has 0 amide bonds. The van der Waals surface area contributed by atoms with Crippen LogP contribution in [-0.2, 0) is 10.0 Å². The number of halogens is 1. The van der Waals surface area contributed by atoms with Gasteiger partial charge < -0.3 is 9.26 Å². The van der Waals surface area contributed by atoms with Gasteiger partial charge in [-0.3, -0.25) is 0 Å². The van der Waals surface area contributed by atoms with Crippen LogP contribution in [0.25, 0.3) is 0 Å². The molecule has 0 atom stereocenters. The van der Waals surface area contributed by atoms with Crippen LogP contribution in [0.2, 0.25) is 5.02 Å². The summed E-state index contributed by atoms with van der Waals surface area (Å²) in [6.07, 6.45) is 0. The van der Waals surface area contributed by atoms with Gasteiger partial charge in [-0.2, -0.15) is 4.31 Å². The Morgan fingerprint density at radius 3 is 2.59 bits per heavy atom. The number of ether oxygens (including phenoxy) is 1. The lowest BCUT2D eigenvalue weighted by Crippen LogP contribution is -2.31. The van der Waals surface area contributed by atoms with Gasteiger partial charge in [-0.15, -0.1) is 0 Å². The quantitative estimate of drug-likeness (QED) is 0.805. The minimum absolute atomic E-state index is 0.104. The van der Waals surface area contributed by atoms with E-state index in [4.69, 9.17) is 20.9 Å². The first-order chi connectivity index (χ1) is 10.3. The summed E-state index contributed by atoms with van der Waals surface area (Å²) in [5.74, 6) is 0.795. The maximum atomic E-state index is 12.5. The normalized spacial score (nSPS) is 11.9. The maximum absolute atomic E-state index is 12.5. The number of rotatable bonds is 6. The van der Waals surface area contributed by atoms with Gasteiger partial charge in [-0.1, -0.05) is 28.9 Å². The minimum atomic E-state index is -3.66. The molecule has 6 nitrogen and oxygen atoms in total. The Hall–Kier alpha value is -1.57. The van der Waals surface area contributed by atoms with Crippen LogP contribution >= 0.6 is 11.6 Å². The van der Waals surface area contributed by atoms with Crippen LogP contribution in [0.3, 0.4) is 0 Å². The van der Waals surface area contributed by atoms with E-state index in [1.54, 1.807) is 38.1 Å². The van der Waals surface area contributed by atoms with Gasteiger partial charge in [0.2, 0.25) is 10.0 Å². The molecular weight excluding hydrogens is 328 g/mol. The van der Waals surface area contributed by atoms with Crippen molar-refractivity contribution in [2.45, 2.75) is 18.7 Å². The number of likely N-dealkylation sites (N-methyl/N-ethyl adjacent to an activating group) is 1. The van der Waals surface area contributed by atoms with Gasteiger partial charge >= 0.3 is 0 Å². The Bertz CT molecular complexity index is 738. The Morgan fingerprint density at radius 1 is 1.32 bits per heavy atom. The van der Waals surface area contributed by atoms with Crippen LogP contribution in [0.4, 0.5) is 0 Å². The van der Waals surface area contributed by atoms with Gasteiger partial charge in [0.1, 0.15) is 22.9 Å². The molecule has 0 bridgehead atoms. The SMILES string of the molecule is Cc1noc(C)c1S(=O)(=O)N(C)CCOc1ccccc1Cl. The van der Waals surface area contributed by atoms with Crippen molar-refractivity contribution in [3.05, 3.63) is 40.7 Å². The number of hydrogen-bond donors (Lipinski definition) is 0. The van der Waals surface area contributed by atoms with Crippen LogP contribution < -0.4 is 4.74 Å². The smallest absolute Gasteiger partial charge is 0.248 e. The number of aromatic nitrogens is 1. The highest BCUT2D eigenvalue weighted by molar-refractivity contribution is 7.89. The average molecular weight is 345 g/mol. The summed E-state index contributed by atoms with van der Waals surface area (Å²) in [5, 5.41) is 4.16. The van der Waals surface area contributed by atoms with Crippen LogP contribution in [0.15, 0.2) is 33.7 Å². The number of sulfonamides is 1. The fraction of sp³-hybridized carbons (Fsp3) is 0.357. The minimum Gasteiger partial charge on any atom is -0.491 e. The molecule has 1 aromatic carbocycles. The third-order valence-electron chi connectivity index (χ3n) is 3.14. The third-order valence-corrected chi connectivity index (χ3v) is 5.55. The zero-order valence-corrected chi connectivity index (χ0v) is 14.1. The van der Waals surface area contributed by atoms with E-state index in [0.717, 1.165) is 0 Å². The van der Waals surface area contributed by atoms with Gasteiger partial charge in [0.15, 0.2) is 5.76 Å². The van der Waals surface area contributed by atoms with Gasteiger partial charge in [-0.05, 0) is 26.0 Å². The van der Waals surface area contributed by atoms with E-state index < -0.39 is 10.0 Å². The van der Waals surface area contributed by atoms with E-state index in [1.165, 1.54) is 11.4 Å². The largest absolute Gasteiger partial charge is 0.491 e. The molecule has 22 heavy (non-hydrogen) atoms. The Balaban J connectivity index is 2.03. The summed E-state index contributed by atoms with van der Waals surface area (Å²) in [6, 6.07) is 7.03. The van der Waals surface area contributed by atoms with Crippen molar-refractivity contribution in [2.75, 3.05) is 20.2 Å². The topological polar surface area (TPSA) is 72.6 Å². The molecule has 0 aliphatic heterocycles. The molecule has 120 valence electrons. The number of aryl methyl sites for hydroxylation is 2. The van der Waals surface area contributed by atoms with E-state index >= 15 is 0 Å². The molecule has 1 aromatic heterocycles. The van der Waals surface area contributed by atoms with Crippen LogP contribution in [0.5, 0.6) is 5.75 Å². The van der Waals surface area contributed by atoms with Crippen molar-refractivity contribution in [1.82, 2.24) is 9.46 Å². The van der Waals surface area contributed by atoms with Crippen LogP contribution in [-0.4, -0.2) is 38.1 Å². The van der Waals surface area contributed by atoms with Crippen molar-refractivity contribution in [1.29, 1.82) is 0 Å². The van der Waals surface area contributed by atoms with Crippen molar-refractivity contribution in [3.8, 4) is 5.75 Å². The van der Waals surface area contributed by atoms with E-state index in [9.17, 15) is 8.42 Å². The summed E-state index contributed by atoms with van der Waals surface area (Å²) >= 11 is 5.97. The van der Waals surface area contributed by atoms with E-state index in [1.807, 2.05) is 0 Å². The van der Waals surface area contributed by atoms with Gasteiger partial charge in [0.25, 0.3) is 0 Å². The van der Waals surface area contributed by atoms with E-state index in [2.05, 4.69) is 5.16 Å². The molecule has 2 rings (SSSR count).